The van der Waals surface area contributed by atoms with Crippen LogP contribution in [0.25, 0.3) is 0 Å². The van der Waals surface area contributed by atoms with E-state index in [0.717, 1.165) is 12.4 Å². The molecule has 0 unspecified atom stereocenters. The molecule has 1 N–H and O–H groups in total. The van der Waals surface area contributed by atoms with Crippen molar-refractivity contribution in [3.05, 3.63) is 36.2 Å². The van der Waals surface area contributed by atoms with Gasteiger partial charge in [0.05, 0.1) is 13.7 Å². The molecule has 18 heavy (non-hydrogen) atoms. The first kappa shape index (κ1) is 12.3. The molecule has 5 nitrogen and oxygen atoms in total. The van der Waals surface area contributed by atoms with Gasteiger partial charge in [-0.15, -0.1) is 0 Å². The summed E-state index contributed by atoms with van der Waals surface area (Å²) in [5, 5.41) is 7.16. The van der Waals surface area contributed by atoms with Gasteiger partial charge in [0.2, 0.25) is 0 Å². The maximum absolute atomic E-state index is 13.3. The summed E-state index contributed by atoms with van der Waals surface area (Å²) in [6.45, 7) is 3.23. The predicted molar refractivity (Wildman–Crippen MR) is 66.0 cm³/mol. The van der Waals surface area contributed by atoms with Gasteiger partial charge >= 0.3 is 0 Å². The predicted octanol–water partition coefficient (Wildman–Crippen LogP) is 2.06. The Kier molecular flexibility index (Phi) is 3.76. The van der Waals surface area contributed by atoms with Crippen LogP contribution in [-0.2, 0) is 13.1 Å². The van der Waals surface area contributed by atoms with E-state index in [0.29, 0.717) is 18.0 Å². The molecule has 2 rings (SSSR count). The second-order valence-corrected chi connectivity index (χ2v) is 3.73. The molecule has 0 saturated heterocycles. The van der Waals surface area contributed by atoms with Crippen molar-refractivity contribution >= 4 is 5.69 Å². The fraction of sp³-hybridized carbons (Fsp3) is 0.333. The van der Waals surface area contributed by atoms with Crippen molar-refractivity contribution in [3.63, 3.8) is 0 Å². The monoisotopic (exact) mass is 250 g/mol. The molecule has 1 aromatic heterocycles. The lowest BCUT2D eigenvalue weighted by Crippen LogP contribution is -2.09. The van der Waals surface area contributed by atoms with Crippen LogP contribution in [0.15, 0.2) is 24.5 Å². The normalized spacial score (nSPS) is 10.4. The van der Waals surface area contributed by atoms with Gasteiger partial charge in [-0.25, -0.2) is 14.1 Å². The summed E-state index contributed by atoms with van der Waals surface area (Å²) in [6.07, 6.45) is 1.51. The average Bonchev–Trinajstić information content (AvgIpc) is 2.83. The summed E-state index contributed by atoms with van der Waals surface area (Å²) in [7, 11) is 1.51. The molecule has 2 aromatic rings. The van der Waals surface area contributed by atoms with E-state index in [4.69, 9.17) is 4.74 Å². The van der Waals surface area contributed by atoms with Crippen LogP contribution in [0.2, 0.25) is 0 Å². The second-order valence-electron chi connectivity index (χ2n) is 3.73. The summed E-state index contributed by atoms with van der Waals surface area (Å²) in [5.74, 6) is 0.948. The average molecular weight is 250 g/mol. The number of hydrogen-bond acceptors (Lipinski definition) is 4. The van der Waals surface area contributed by atoms with E-state index in [1.807, 2.05) is 6.92 Å². The Hall–Kier alpha value is -2.11. The number of halogens is 1. The fourth-order valence-electron chi connectivity index (χ4n) is 1.65. The van der Waals surface area contributed by atoms with Crippen LogP contribution in [0.5, 0.6) is 5.75 Å². The Bertz CT molecular complexity index is 527. The van der Waals surface area contributed by atoms with Gasteiger partial charge in [-0.3, -0.25) is 0 Å². The highest BCUT2D eigenvalue weighted by Crippen LogP contribution is 2.20. The van der Waals surface area contributed by atoms with Gasteiger partial charge in [0.15, 0.2) is 0 Å². The minimum absolute atomic E-state index is 0.339. The topological polar surface area (TPSA) is 52.0 Å². The van der Waals surface area contributed by atoms with E-state index >= 15 is 0 Å². The van der Waals surface area contributed by atoms with Gasteiger partial charge in [0.25, 0.3) is 0 Å². The van der Waals surface area contributed by atoms with E-state index in [2.05, 4.69) is 15.4 Å². The van der Waals surface area contributed by atoms with Crippen molar-refractivity contribution < 1.29 is 9.13 Å². The Balaban J connectivity index is 2.08. The minimum atomic E-state index is -0.339. The van der Waals surface area contributed by atoms with Gasteiger partial charge in [-0.1, -0.05) is 0 Å². The number of nitrogens with zero attached hydrogens (tertiary/aromatic N) is 3. The second kappa shape index (κ2) is 5.48. The maximum Gasteiger partial charge on any atom is 0.146 e. The third kappa shape index (κ3) is 2.77. The van der Waals surface area contributed by atoms with Crippen LogP contribution in [-0.4, -0.2) is 21.9 Å². The number of aromatic nitrogens is 3. The molecule has 0 amide bonds. The molecule has 96 valence electrons. The molecule has 0 bridgehead atoms. The first-order chi connectivity index (χ1) is 8.72. The van der Waals surface area contributed by atoms with Crippen molar-refractivity contribution in [2.45, 2.75) is 20.0 Å². The summed E-state index contributed by atoms with van der Waals surface area (Å²) >= 11 is 0. The van der Waals surface area contributed by atoms with Crippen molar-refractivity contribution in [1.29, 1.82) is 0 Å². The van der Waals surface area contributed by atoms with Crippen LogP contribution in [0, 0.1) is 5.82 Å². The third-order valence-electron chi connectivity index (χ3n) is 2.55. The molecule has 0 aliphatic heterocycles. The van der Waals surface area contributed by atoms with Gasteiger partial charge < -0.3 is 10.1 Å². The quantitative estimate of drug-likeness (QED) is 0.882. The zero-order valence-corrected chi connectivity index (χ0v) is 10.4. The smallest absolute Gasteiger partial charge is 0.146 e. The molecule has 0 radical (unpaired) electrons. The molecule has 0 spiro atoms. The highest BCUT2D eigenvalue weighted by atomic mass is 19.1. The van der Waals surface area contributed by atoms with Crippen LogP contribution in [0.4, 0.5) is 10.1 Å². The number of methoxy groups -OCH3 is 1. The number of anilines is 1. The number of hydrogen-bond donors (Lipinski definition) is 1. The lowest BCUT2D eigenvalue weighted by molar-refractivity contribution is 0.411. The molecular weight excluding hydrogens is 235 g/mol. The molecule has 0 aliphatic carbocycles. The zero-order chi connectivity index (χ0) is 13.0. The van der Waals surface area contributed by atoms with Crippen LogP contribution in [0.1, 0.15) is 12.7 Å². The SMILES string of the molecule is CCn1ncnc1CNc1cc(F)cc(OC)c1. The molecule has 1 aromatic carbocycles. The van der Waals surface area contributed by atoms with Crippen molar-refractivity contribution in [2.24, 2.45) is 0 Å². The highest BCUT2D eigenvalue weighted by Gasteiger charge is 2.04. The molecule has 0 aliphatic rings. The van der Waals surface area contributed by atoms with Gasteiger partial charge in [-0.2, -0.15) is 5.10 Å². The minimum Gasteiger partial charge on any atom is -0.497 e. The molecular formula is C12H15FN4O. The van der Waals surface area contributed by atoms with Crippen LogP contribution < -0.4 is 10.1 Å². The van der Waals surface area contributed by atoms with Crippen LogP contribution in [0.3, 0.4) is 0 Å². The van der Waals surface area contributed by atoms with Gasteiger partial charge in [-0.05, 0) is 13.0 Å². The largest absolute Gasteiger partial charge is 0.497 e. The van der Waals surface area contributed by atoms with E-state index < -0.39 is 0 Å². The number of benzene rings is 1. The Labute approximate surface area is 105 Å². The lowest BCUT2D eigenvalue weighted by Gasteiger charge is -2.08. The van der Waals surface area contributed by atoms with Crippen molar-refractivity contribution in [3.8, 4) is 5.75 Å². The Morgan fingerprint density at radius 2 is 2.22 bits per heavy atom. The number of ether oxygens (including phenoxy) is 1. The van der Waals surface area contributed by atoms with E-state index in [1.54, 1.807) is 10.7 Å². The van der Waals surface area contributed by atoms with Gasteiger partial charge in [0.1, 0.15) is 23.7 Å². The summed E-state index contributed by atoms with van der Waals surface area (Å²) in [6, 6.07) is 4.48. The van der Waals surface area contributed by atoms with Crippen molar-refractivity contribution in [1.82, 2.24) is 14.8 Å². The highest BCUT2D eigenvalue weighted by molar-refractivity contribution is 5.48. The summed E-state index contributed by atoms with van der Waals surface area (Å²) < 4.78 is 20.1. The van der Waals surface area contributed by atoms with E-state index in [1.165, 1.54) is 25.6 Å². The van der Waals surface area contributed by atoms with Crippen LogP contribution >= 0.6 is 0 Å². The molecule has 0 atom stereocenters. The number of rotatable bonds is 5. The van der Waals surface area contributed by atoms with Crippen molar-refractivity contribution in [2.75, 3.05) is 12.4 Å². The standard InChI is InChI=1S/C12H15FN4O/c1-3-17-12(15-8-16-17)7-14-10-4-9(13)5-11(6-10)18-2/h4-6,8,14H,3,7H2,1-2H3. The first-order valence-corrected chi connectivity index (χ1v) is 5.68. The lowest BCUT2D eigenvalue weighted by atomic mass is 10.3. The van der Waals surface area contributed by atoms with Gasteiger partial charge in [0, 0.05) is 24.4 Å². The van der Waals surface area contributed by atoms with E-state index in [-0.39, 0.29) is 5.82 Å². The third-order valence-corrected chi connectivity index (χ3v) is 2.55. The molecule has 1 heterocycles. The maximum atomic E-state index is 13.3. The molecule has 0 saturated carbocycles. The Morgan fingerprint density at radius 1 is 1.39 bits per heavy atom. The number of aryl methyl sites for hydroxylation is 1. The Morgan fingerprint density at radius 3 is 2.94 bits per heavy atom. The van der Waals surface area contributed by atoms with E-state index in [9.17, 15) is 4.39 Å². The first-order valence-electron chi connectivity index (χ1n) is 5.68. The summed E-state index contributed by atoms with van der Waals surface area (Å²) in [4.78, 5) is 4.13. The fourth-order valence-corrected chi connectivity index (χ4v) is 1.65. The summed E-state index contributed by atoms with van der Waals surface area (Å²) in [5.41, 5.74) is 0.650. The molecule has 6 heteroatoms. The zero-order valence-electron chi connectivity index (χ0n) is 10.4. The molecule has 0 fully saturated rings. The number of nitrogens with one attached hydrogen (secondary N) is 1.